The van der Waals surface area contributed by atoms with Crippen molar-refractivity contribution in [2.24, 2.45) is 0 Å². The van der Waals surface area contributed by atoms with Gasteiger partial charge in [-0.15, -0.1) is 0 Å². The molecule has 0 unspecified atom stereocenters. The molecule has 0 atom stereocenters. The monoisotopic (exact) mass is 303 g/mol. The number of nitrogens with zero attached hydrogens (tertiary/aromatic N) is 1. The maximum Gasteiger partial charge on any atom is 0.294 e. The Labute approximate surface area is 120 Å². The molecule has 1 amide bonds. The smallest absolute Gasteiger partial charge is 0.294 e. The van der Waals surface area contributed by atoms with E-state index in [-0.39, 0.29) is 35.3 Å². The second-order valence-electron chi connectivity index (χ2n) is 4.07. The second kappa shape index (κ2) is 7.64. The SMILES string of the molecule is CCCNC(=O)CCNc1cc(F)c(Cl)cc1[N+](=O)[O-]. The molecule has 0 aliphatic heterocycles. The number of amides is 1. The van der Waals surface area contributed by atoms with Crippen molar-refractivity contribution in [3.05, 3.63) is 33.1 Å². The fourth-order valence-corrected chi connectivity index (χ4v) is 1.65. The van der Waals surface area contributed by atoms with Gasteiger partial charge in [0, 0.05) is 31.6 Å². The van der Waals surface area contributed by atoms with Crippen LogP contribution in [-0.2, 0) is 4.79 Å². The van der Waals surface area contributed by atoms with Crippen LogP contribution in [0.5, 0.6) is 0 Å². The minimum absolute atomic E-state index is 0.000177. The van der Waals surface area contributed by atoms with Gasteiger partial charge in [-0.3, -0.25) is 14.9 Å². The van der Waals surface area contributed by atoms with Gasteiger partial charge in [-0.25, -0.2) is 4.39 Å². The number of hydrogen-bond donors (Lipinski definition) is 2. The third-order valence-corrected chi connectivity index (χ3v) is 2.76. The van der Waals surface area contributed by atoms with Crippen molar-refractivity contribution in [2.45, 2.75) is 19.8 Å². The molecule has 1 aromatic rings. The molecule has 6 nitrogen and oxygen atoms in total. The molecule has 0 aliphatic rings. The van der Waals surface area contributed by atoms with Crippen LogP contribution in [0.3, 0.4) is 0 Å². The standard InChI is InChI=1S/C12H15ClFN3O3/c1-2-4-16-12(18)3-5-15-10-7-9(14)8(13)6-11(10)17(19)20/h6-7,15H,2-5H2,1H3,(H,16,18). The molecule has 0 aromatic heterocycles. The number of rotatable bonds is 7. The highest BCUT2D eigenvalue weighted by atomic mass is 35.5. The van der Waals surface area contributed by atoms with E-state index in [1.807, 2.05) is 6.92 Å². The van der Waals surface area contributed by atoms with Crippen LogP contribution in [0.15, 0.2) is 12.1 Å². The zero-order valence-electron chi connectivity index (χ0n) is 10.9. The lowest BCUT2D eigenvalue weighted by Crippen LogP contribution is -2.25. The Morgan fingerprint density at radius 1 is 1.45 bits per heavy atom. The van der Waals surface area contributed by atoms with Crippen LogP contribution < -0.4 is 10.6 Å². The number of carbonyl (C=O) groups excluding carboxylic acids is 1. The van der Waals surface area contributed by atoms with E-state index in [0.29, 0.717) is 6.54 Å². The van der Waals surface area contributed by atoms with Gasteiger partial charge in [-0.2, -0.15) is 0 Å². The molecule has 20 heavy (non-hydrogen) atoms. The van der Waals surface area contributed by atoms with E-state index in [2.05, 4.69) is 10.6 Å². The molecule has 0 saturated carbocycles. The van der Waals surface area contributed by atoms with Crippen LogP contribution >= 0.6 is 11.6 Å². The molecular weight excluding hydrogens is 289 g/mol. The summed E-state index contributed by atoms with van der Waals surface area (Å²) >= 11 is 5.50. The zero-order chi connectivity index (χ0) is 15.1. The van der Waals surface area contributed by atoms with E-state index < -0.39 is 10.7 Å². The highest BCUT2D eigenvalue weighted by Crippen LogP contribution is 2.30. The van der Waals surface area contributed by atoms with Crippen molar-refractivity contribution in [1.29, 1.82) is 0 Å². The van der Waals surface area contributed by atoms with Gasteiger partial charge in [0.15, 0.2) is 0 Å². The molecule has 0 spiro atoms. The average Bonchev–Trinajstić information content (AvgIpc) is 2.39. The minimum atomic E-state index is -0.754. The summed E-state index contributed by atoms with van der Waals surface area (Å²) in [5.74, 6) is -0.924. The molecule has 0 bridgehead atoms. The number of benzene rings is 1. The van der Waals surface area contributed by atoms with Crippen molar-refractivity contribution in [3.63, 3.8) is 0 Å². The molecule has 0 saturated heterocycles. The van der Waals surface area contributed by atoms with E-state index in [4.69, 9.17) is 11.6 Å². The van der Waals surface area contributed by atoms with Gasteiger partial charge in [0.05, 0.1) is 9.95 Å². The Bertz CT molecular complexity index is 511. The summed E-state index contributed by atoms with van der Waals surface area (Å²) in [5.41, 5.74) is -0.328. The number of nitro groups is 1. The van der Waals surface area contributed by atoms with Crippen LogP contribution in [0.1, 0.15) is 19.8 Å². The summed E-state index contributed by atoms with van der Waals surface area (Å²) in [6, 6.07) is 1.89. The molecule has 110 valence electrons. The Kier molecular flexibility index (Phi) is 6.17. The van der Waals surface area contributed by atoms with Crippen molar-refractivity contribution >= 4 is 28.9 Å². The summed E-state index contributed by atoms with van der Waals surface area (Å²) in [4.78, 5) is 21.5. The van der Waals surface area contributed by atoms with Gasteiger partial charge >= 0.3 is 0 Å². The first kappa shape index (κ1) is 16.2. The third kappa shape index (κ3) is 4.65. The molecular formula is C12H15ClFN3O3. The number of halogens is 2. The van der Waals surface area contributed by atoms with E-state index in [9.17, 15) is 19.3 Å². The highest BCUT2D eigenvalue weighted by Gasteiger charge is 2.17. The normalized spacial score (nSPS) is 10.2. The van der Waals surface area contributed by atoms with Gasteiger partial charge in [0.25, 0.3) is 5.69 Å². The summed E-state index contributed by atoms with van der Waals surface area (Å²) in [6.07, 6.45) is 0.967. The molecule has 8 heteroatoms. The Morgan fingerprint density at radius 2 is 2.15 bits per heavy atom. The molecule has 0 aliphatic carbocycles. The number of carbonyl (C=O) groups is 1. The molecule has 1 aromatic carbocycles. The number of anilines is 1. The predicted octanol–water partition coefficient (Wildman–Crippen LogP) is 2.72. The van der Waals surface area contributed by atoms with E-state index in [1.165, 1.54) is 0 Å². The van der Waals surface area contributed by atoms with Crippen molar-refractivity contribution in [2.75, 3.05) is 18.4 Å². The molecule has 1 rings (SSSR count). The average molecular weight is 304 g/mol. The Morgan fingerprint density at radius 3 is 2.75 bits per heavy atom. The molecule has 0 heterocycles. The Balaban J connectivity index is 2.65. The second-order valence-corrected chi connectivity index (χ2v) is 4.47. The third-order valence-electron chi connectivity index (χ3n) is 2.47. The van der Waals surface area contributed by atoms with Gasteiger partial charge in [-0.05, 0) is 6.42 Å². The first-order chi connectivity index (χ1) is 9.45. The molecule has 0 fully saturated rings. The number of hydrogen-bond acceptors (Lipinski definition) is 4. The van der Waals surface area contributed by atoms with E-state index >= 15 is 0 Å². The van der Waals surface area contributed by atoms with Crippen molar-refractivity contribution in [3.8, 4) is 0 Å². The fraction of sp³-hybridized carbons (Fsp3) is 0.417. The van der Waals surface area contributed by atoms with Crippen LogP contribution in [0.25, 0.3) is 0 Å². The Hall–Kier alpha value is -1.89. The van der Waals surface area contributed by atoms with Crippen LogP contribution in [0.4, 0.5) is 15.8 Å². The van der Waals surface area contributed by atoms with Crippen molar-refractivity contribution in [1.82, 2.24) is 5.32 Å². The predicted molar refractivity (Wildman–Crippen MR) is 74.5 cm³/mol. The number of nitro benzene ring substituents is 1. The van der Waals surface area contributed by atoms with Gasteiger partial charge in [0.1, 0.15) is 11.5 Å². The van der Waals surface area contributed by atoms with E-state index in [0.717, 1.165) is 18.6 Å². The van der Waals surface area contributed by atoms with Gasteiger partial charge in [0.2, 0.25) is 5.91 Å². The van der Waals surface area contributed by atoms with Crippen LogP contribution in [-0.4, -0.2) is 23.9 Å². The summed E-state index contributed by atoms with van der Waals surface area (Å²) in [5, 5.41) is 15.8. The summed E-state index contributed by atoms with van der Waals surface area (Å²) < 4.78 is 13.3. The molecule has 2 N–H and O–H groups in total. The largest absolute Gasteiger partial charge is 0.379 e. The van der Waals surface area contributed by atoms with Gasteiger partial charge < -0.3 is 10.6 Å². The van der Waals surface area contributed by atoms with Crippen molar-refractivity contribution < 1.29 is 14.1 Å². The van der Waals surface area contributed by atoms with E-state index in [1.54, 1.807) is 0 Å². The number of nitrogens with one attached hydrogen (secondary N) is 2. The first-order valence-corrected chi connectivity index (χ1v) is 6.47. The summed E-state index contributed by atoms with van der Waals surface area (Å²) in [6.45, 7) is 2.67. The lowest BCUT2D eigenvalue weighted by Gasteiger charge is -2.08. The molecule has 0 radical (unpaired) electrons. The highest BCUT2D eigenvalue weighted by molar-refractivity contribution is 6.31. The zero-order valence-corrected chi connectivity index (χ0v) is 11.7. The van der Waals surface area contributed by atoms with Crippen LogP contribution in [0.2, 0.25) is 5.02 Å². The maximum atomic E-state index is 13.3. The summed E-state index contributed by atoms with van der Waals surface area (Å²) in [7, 11) is 0. The fourth-order valence-electron chi connectivity index (χ4n) is 1.49. The lowest BCUT2D eigenvalue weighted by atomic mass is 10.2. The quantitative estimate of drug-likeness (QED) is 0.599. The van der Waals surface area contributed by atoms with Gasteiger partial charge in [-0.1, -0.05) is 18.5 Å². The lowest BCUT2D eigenvalue weighted by molar-refractivity contribution is -0.384. The van der Waals surface area contributed by atoms with Crippen LogP contribution in [0, 0.1) is 15.9 Å². The minimum Gasteiger partial charge on any atom is -0.379 e. The topological polar surface area (TPSA) is 84.3 Å². The first-order valence-electron chi connectivity index (χ1n) is 6.09. The maximum absolute atomic E-state index is 13.3.